The first-order valence-corrected chi connectivity index (χ1v) is 11.6. The molecule has 1 aliphatic heterocycles. The zero-order valence-corrected chi connectivity index (χ0v) is 19.4. The molecule has 3 aromatic carbocycles. The highest BCUT2D eigenvalue weighted by molar-refractivity contribution is 8.05. The molecule has 1 aliphatic rings. The fraction of sp³-hybridized carbons (Fsp3) is 0.222. The summed E-state index contributed by atoms with van der Waals surface area (Å²) in [5.74, 6) is 1.57. The predicted molar refractivity (Wildman–Crippen MR) is 132 cm³/mol. The van der Waals surface area contributed by atoms with Crippen LogP contribution in [0.1, 0.15) is 35.4 Å². The third-order valence-electron chi connectivity index (χ3n) is 5.24. The van der Waals surface area contributed by atoms with E-state index in [1.54, 1.807) is 18.9 Å². The maximum Gasteiger partial charge on any atom is 0.266 e. The minimum Gasteiger partial charge on any atom is -0.497 e. The van der Waals surface area contributed by atoms with Gasteiger partial charge in [0.1, 0.15) is 16.9 Å². The summed E-state index contributed by atoms with van der Waals surface area (Å²) in [6.07, 6.45) is 2.91. The van der Waals surface area contributed by atoms with Gasteiger partial charge in [-0.25, -0.2) is 0 Å². The Morgan fingerprint density at radius 2 is 1.75 bits per heavy atom. The second kappa shape index (κ2) is 9.96. The van der Waals surface area contributed by atoms with Gasteiger partial charge in [-0.2, -0.15) is 0 Å². The van der Waals surface area contributed by atoms with Gasteiger partial charge < -0.3 is 9.47 Å². The van der Waals surface area contributed by atoms with Crippen molar-refractivity contribution in [3.63, 3.8) is 0 Å². The van der Waals surface area contributed by atoms with Crippen molar-refractivity contribution < 1.29 is 14.3 Å². The molecule has 4 rings (SSSR count). The molecule has 0 radical (unpaired) electrons. The molecule has 1 saturated heterocycles. The van der Waals surface area contributed by atoms with Gasteiger partial charge in [0, 0.05) is 5.69 Å². The van der Waals surface area contributed by atoms with Crippen molar-refractivity contribution in [2.24, 2.45) is 0 Å². The molecule has 0 N–H and O–H groups in total. The summed E-state index contributed by atoms with van der Waals surface area (Å²) in [5, 5.41) is -0.137. The van der Waals surface area contributed by atoms with E-state index in [-0.39, 0.29) is 11.3 Å². The maximum absolute atomic E-state index is 13.5. The first kappa shape index (κ1) is 22.0. The standard InChI is InChI=1S/C27H27NO3S/c1-4-16-31-24-7-5-6-20(17-24)18-25-26(29)28(22-12-14-23(30-3)15-13-22)27(32-25)21-10-8-19(2)9-11-21/h5-15,17-18,27H,4,16H2,1-3H3/b25-18+/t27-/m0/s1. The molecule has 1 atom stereocenters. The largest absolute Gasteiger partial charge is 0.497 e. The van der Waals surface area contributed by atoms with Gasteiger partial charge in [0.25, 0.3) is 5.91 Å². The number of ether oxygens (including phenoxy) is 2. The van der Waals surface area contributed by atoms with Crippen LogP contribution in [0.3, 0.4) is 0 Å². The Labute approximate surface area is 193 Å². The summed E-state index contributed by atoms with van der Waals surface area (Å²) >= 11 is 1.57. The second-order valence-corrected chi connectivity index (χ2v) is 8.81. The van der Waals surface area contributed by atoms with E-state index in [4.69, 9.17) is 9.47 Å². The summed E-state index contributed by atoms with van der Waals surface area (Å²) in [6.45, 7) is 4.82. The molecule has 1 heterocycles. The molecule has 3 aromatic rings. The van der Waals surface area contributed by atoms with Crippen LogP contribution in [0.4, 0.5) is 5.69 Å². The van der Waals surface area contributed by atoms with E-state index >= 15 is 0 Å². The Morgan fingerprint density at radius 3 is 2.44 bits per heavy atom. The summed E-state index contributed by atoms with van der Waals surface area (Å²) in [4.78, 5) is 16.1. The van der Waals surface area contributed by atoms with Crippen LogP contribution in [-0.4, -0.2) is 19.6 Å². The lowest BCUT2D eigenvalue weighted by molar-refractivity contribution is -0.114. The van der Waals surface area contributed by atoms with Crippen molar-refractivity contribution in [1.29, 1.82) is 0 Å². The number of methoxy groups -OCH3 is 1. The van der Waals surface area contributed by atoms with Crippen LogP contribution in [0.15, 0.2) is 77.7 Å². The molecule has 4 nitrogen and oxygen atoms in total. The van der Waals surface area contributed by atoms with Crippen LogP contribution >= 0.6 is 11.8 Å². The minimum absolute atomic E-state index is 0.00868. The second-order valence-electron chi connectivity index (χ2n) is 7.68. The van der Waals surface area contributed by atoms with Crippen molar-refractivity contribution in [2.45, 2.75) is 25.6 Å². The number of carbonyl (C=O) groups is 1. The molecule has 1 fully saturated rings. The minimum atomic E-state index is -0.137. The molecule has 0 aliphatic carbocycles. The molecule has 164 valence electrons. The Balaban J connectivity index is 1.70. The van der Waals surface area contributed by atoms with Gasteiger partial charge in [0.2, 0.25) is 0 Å². The average molecular weight is 446 g/mol. The van der Waals surface area contributed by atoms with E-state index in [1.807, 2.05) is 59.5 Å². The lowest BCUT2D eigenvalue weighted by Crippen LogP contribution is -2.27. The number of thioether (sulfide) groups is 1. The number of carbonyl (C=O) groups excluding carboxylic acids is 1. The smallest absolute Gasteiger partial charge is 0.266 e. The Kier molecular flexibility index (Phi) is 6.86. The number of anilines is 1. The first-order chi connectivity index (χ1) is 15.6. The van der Waals surface area contributed by atoms with Crippen molar-refractivity contribution in [2.75, 3.05) is 18.6 Å². The van der Waals surface area contributed by atoms with Crippen LogP contribution in [0, 0.1) is 6.92 Å². The fourth-order valence-electron chi connectivity index (χ4n) is 3.55. The van der Waals surface area contributed by atoms with Crippen LogP contribution in [0.2, 0.25) is 0 Å². The maximum atomic E-state index is 13.5. The van der Waals surface area contributed by atoms with Crippen LogP contribution < -0.4 is 14.4 Å². The fourth-order valence-corrected chi connectivity index (χ4v) is 4.81. The van der Waals surface area contributed by atoms with Gasteiger partial charge in [0.15, 0.2) is 0 Å². The normalized spacial score (nSPS) is 17.1. The number of benzene rings is 3. The van der Waals surface area contributed by atoms with Crippen molar-refractivity contribution in [3.8, 4) is 11.5 Å². The predicted octanol–water partition coefficient (Wildman–Crippen LogP) is 6.61. The van der Waals surface area contributed by atoms with Gasteiger partial charge in [-0.3, -0.25) is 9.69 Å². The van der Waals surface area contributed by atoms with Crippen LogP contribution in [0.25, 0.3) is 6.08 Å². The number of amides is 1. The zero-order valence-electron chi connectivity index (χ0n) is 18.6. The highest BCUT2D eigenvalue weighted by Gasteiger charge is 2.38. The molecule has 5 heteroatoms. The first-order valence-electron chi connectivity index (χ1n) is 10.7. The third-order valence-corrected chi connectivity index (χ3v) is 6.50. The zero-order chi connectivity index (χ0) is 22.5. The summed E-state index contributed by atoms with van der Waals surface area (Å²) in [6, 6.07) is 23.9. The van der Waals surface area contributed by atoms with Gasteiger partial charge in [-0.1, -0.05) is 60.6 Å². The number of rotatable bonds is 7. The lowest BCUT2D eigenvalue weighted by Gasteiger charge is -2.24. The van der Waals surface area contributed by atoms with Gasteiger partial charge in [0.05, 0.1) is 18.6 Å². The summed E-state index contributed by atoms with van der Waals surface area (Å²) < 4.78 is 11.0. The molecule has 0 spiro atoms. The van der Waals surface area contributed by atoms with Crippen molar-refractivity contribution >= 4 is 29.4 Å². The Hall–Kier alpha value is -3.18. The molecule has 32 heavy (non-hydrogen) atoms. The molecule has 1 amide bonds. The molecule has 0 unspecified atom stereocenters. The number of nitrogens with zero attached hydrogens (tertiary/aromatic N) is 1. The van der Waals surface area contributed by atoms with E-state index in [9.17, 15) is 4.79 Å². The number of hydrogen-bond acceptors (Lipinski definition) is 4. The monoisotopic (exact) mass is 445 g/mol. The number of hydrogen-bond donors (Lipinski definition) is 0. The summed E-state index contributed by atoms with van der Waals surface area (Å²) in [5.41, 5.74) is 4.08. The average Bonchev–Trinajstić information content (AvgIpc) is 3.14. The Morgan fingerprint density at radius 1 is 1.00 bits per heavy atom. The quantitative estimate of drug-likeness (QED) is 0.384. The molecule has 0 saturated carbocycles. The van der Waals surface area contributed by atoms with Crippen LogP contribution in [0.5, 0.6) is 11.5 Å². The van der Waals surface area contributed by atoms with Gasteiger partial charge in [-0.05, 0) is 66.9 Å². The third kappa shape index (κ3) is 4.83. The topological polar surface area (TPSA) is 38.8 Å². The van der Waals surface area contributed by atoms with Crippen LogP contribution in [-0.2, 0) is 4.79 Å². The SMILES string of the molecule is CCCOc1cccc(/C=C2/S[C@@H](c3ccc(C)cc3)N(c3ccc(OC)cc3)C2=O)c1. The molecule has 0 bridgehead atoms. The van der Waals surface area contributed by atoms with Crippen molar-refractivity contribution in [1.82, 2.24) is 0 Å². The molecule has 0 aromatic heterocycles. The van der Waals surface area contributed by atoms with E-state index in [1.165, 1.54) is 5.56 Å². The van der Waals surface area contributed by atoms with E-state index < -0.39 is 0 Å². The number of aryl methyl sites for hydroxylation is 1. The van der Waals surface area contributed by atoms with E-state index in [0.717, 1.165) is 34.7 Å². The van der Waals surface area contributed by atoms with Gasteiger partial charge in [-0.15, -0.1) is 0 Å². The lowest BCUT2D eigenvalue weighted by atomic mass is 10.1. The molecular weight excluding hydrogens is 418 g/mol. The van der Waals surface area contributed by atoms with E-state index in [2.05, 4.69) is 38.1 Å². The van der Waals surface area contributed by atoms with E-state index in [0.29, 0.717) is 11.5 Å². The van der Waals surface area contributed by atoms with Gasteiger partial charge >= 0.3 is 0 Å². The Bertz CT molecular complexity index is 1110. The summed E-state index contributed by atoms with van der Waals surface area (Å²) in [7, 11) is 1.64. The highest BCUT2D eigenvalue weighted by atomic mass is 32.2. The highest BCUT2D eigenvalue weighted by Crippen LogP contribution is 2.48. The molecular formula is C27H27NO3S. The van der Waals surface area contributed by atoms with Crippen molar-refractivity contribution in [3.05, 3.63) is 94.4 Å².